The Hall–Kier alpha value is -1.91. The molecule has 1 aliphatic heterocycles. The van der Waals surface area contributed by atoms with Gasteiger partial charge in [-0.25, -0.2) is 13.2 Å². The molecule has 1 aromatic rings. The summed E-state index contributed by atoms with van der Waals surface area (Å²) >= 11 is 0. The zero-order valence-electron chi connectivity index (χ0n) is 13.0. The lowest BCUT2D eigenvalue weighted by Crippen LogP contribution is -2.45. The number of Topliss-reactive ketones (excluding diaryl/α,β-unsaturated/α-hetero) is 1. The van der Waals surface area contributed by atoms with E-state index in [1.807, 2.05) is 0 Å². The monoisotopic (exact) mass is 337 g/mol. The number of carbonyl (C=O) groups excluding carboxylic acids is 1. The SMILES string of the molecule is N#CC1NC2CCC1(C(=O)CCNCc1cc(F)c(F)cc1F)C2. The number of fused-ring (bicyclic) bond motifs is 2. The van der Waals surface area contributed by atoms with Gasteiger partial charge in [-0.2, -0.15) is 5.26 Å². The topological polar surface area (TPSA) is 64.9 Å². The van der Waals surface area contributed by atoms with Crippen molar-refractivity contribution in [1.29, 1.82) is 5.26 Å². The van der Waals surface area contributed by atoms with E-state index in [1.165, 1.54) is 0 Å². The van der Waals surface area contributed by atoms with Crippen LogP contribution >= 0.6 is 0 Å². The van der Waals surface area contributed by atoms with E-state index in [-0.39, 0.29) is 30.4 Å². The van der Waals surface area contributed by atoms with Crippen LogP contribution in [-0.2, 0) is 11.3 Å². The third-order valence-corrected chi connectivity index (χ3v) is 5.12. The van der Waals surface area contributed by atoms with Gasteiger partial charge in [-0.3, -0.25) is 10.1 Å². The van der Waals surface area contributed by atoms with Crippen molar-refractivity contribution in [1.82, 2.24) is 10.6 Å². The molecule has 2 bridgehead atoms. The summed E-state index contributed by atoms with van der Waals surface area (Å²) in [4.78, 5) is 12.6. The van der Waals surface area contributed by atoms with Crippen molar-refractivity contribution in [3.8, 4) is 6.07 Å². The van der Waals surface area contributed by atoms with Gasteiger partial charge in [-0.1, -0.05) is 0 Å². The number of piperidine rings is 1. The van der Waals surface area contributed by atoms with Crippen LogP contribution < -0.4 is 10.6 Å². The van der Waals surface area contributed by atoms with E-state index in [9.17, 15) is 23.2 Å². The van der Waals surface area contributed by atoms with Gasteiger partial charge in [0.25, 0.3) is 0 Å². The fraction of sp³-hybridized carbons (Fsp3) is 0.529. The maximum absolute atomic E-state index is 13.5. The molecule has 2 aliphatic rings. The highest BCUT2D eigenvalue weighted by Crippen LogP contribution is 2.48. The molecule has 0 aromatic heterocycles. The van der Waals surface area contributed by atoms with Gasteiger partial charge in [-0.15, -0.1) is 0 Å². The number of halogens is 3. The molecule has 3 rings (SSSR count). The largest absolute Gasteiger partial charge is 0.312 e. The molecule has 1 aliphatic carbocycles. The highest BCUT2D eigenvalue weighted by atomic mass is 19.2. The number of benzene rings is 1. The molecular formula is C17H18F3N3O. The Morgan fingerprint density at radius 1 is 1.33 bits per heavy atom. The van der Waals surface area contributed by atoms with E-state index in [0.717, 1.165) is 18.9 Å². The Bertz CT molecular complexity index is 703. The first-order valence-electron chi connectivity index (χ1n) is 7.99. The summed E-state index contributed by atoms with van der Waals surface area (Å²) in [6.07, 6.45) is 2.54. The second-order valence-electron chi connectivity index (χ2n) is 6.53. The summed E-state index contributed by atoms with van der Waals surface area (Å²) in [5.41, 5.74) is -0.591. The van der Waals surface area contributed by atoms with Crippen molar-refractivity contribution in [2.24, 2.45) is 5.41 Å². The van der Waals surface area contributed by atoms with E-state index in [4.69, 9.17) is 0 Å². The highest BCUT2D eigenvalue weighted by Gasteiger charge is 2.56. The van der Waals surface area contributed by atoms with E-state index >= 15 is 0 Å². The molecule has 3 atom stereocenters. The molecule has 2 fully saturated rings. The summed E-state index contributed by atoms with van der Waals surface area (Å²) in [5, 5.41) is 15.3. The second-order valence-corrected chi connectivity index (χ2v) is 6.53. The van der Waals surface area contributed by atoms with Crippen molar-refractivity contribution in [3.05, 3.63) is 35.1 Å². The van der Waals surface area contributed by atoms with Crippen LogP contribution in [0.5, 0.6) is 0 Å². The first-order valence-corrected chi connectivity index (χ1v) is 7.99. The van der Waals surface area contributed by atoms with Crippen LogP contribution in [0.4, 0.5) is 13.2 Å². The Kier molecular flexibility index (Phi) is 4.61. The summed E-state index contributed by atoms with van der Waals surface area (Å²) in [5.74, 6) is -3.12. The zero-order valence-corrected chi connectivity index (χ0v) is 13.0. The number of rotatable bonds is 6. The summed E-state index contributed by atoms with van der Waals surface area (Å²) in [7, 11) is 0. The minimum atomic E-state index is -1.22. The number of ketones is 1. The molecule has 1 heterocycles. The van der Waals surface area contributed by atoms with Crippen molar-refractivity contribution >= 4 is 5.78 Å². The molecular weight excluding hydrogens is 319 g/mol. The van der Waals surface area contributed by atoms with Crippen LogP contribution in [0.2, 0.25) is 0 Å². The van der Waals surface area contributed by atoms with Crippen molar-refractivity contribution in [2.45, 2.75) is 44.3 Å². The maximum Gasteiger partial charge on any atom is 0.161 e. The molecule has 1 saturated heterocycles. The fourth-order valence-corrected chi connectivity index (χ4v) is 3.82. The normalized spacial score (nSPS) is 28.1. The van der Waals surface area contributed by atoms with Gasteiger partial charge in [0.2, 0.25) is 0 Å². The number of nitriles is 1. The smallest absolute Gasteiger partial charge is 0.161 e. The van der Waals surface area contributed by atoms with E-state index in [0.29, 0.717) is 19.0 Å². The molecule has 2 N–H and O–H groups in total. The van der Waals surface area contributed by atoms with Gasteiger partial charge in [0, 0.05) is 37.2 Å². The Morgan fingerprint density at radius 3 is 2.79 bits per heavy atom. The summed E-state index contributed by atoms with van der Waals surface area (Å²) in [6.45, 7) is 0.299. The number of hydrogen-bond donors (Lipinski definition) is 2. The van der Waals surface area contributed by atoms with Crippen molar-refractivity contribution in [3.63, 3.8) is 0 Å². The van der Waals surface area contributed by atoms with Gasteiger partial charge in [-0.05, 0) is 25.3 Å². The predicted octanol–water partition coefficient (Wildman–Crippen LogP) is 2.19. The molecule has 1 saturated carbocycles. The Balaban J connectivity index is 1.53. The molecule has 0 radical (unpaired) electrons. The lowest BCUT2D eigenvalue weighted by Gasteiger charge is -2.29. The summed E-state index contributed by atoms with van der Waals surface area (Å²) < 4.78 is 39.5. The van der Waals surface area contributed by atoms with Gasteiger partial charge in [0.15, 0.2) is 11.6 Å². The third kappa shape index (κ3) is 2.92. The molecule has 4 nitrogen and oxygen atoms in total. The van der Waals surface area contributed by atoms with Crippen LogP contribution in [0.15, 0.2) is 12.1 Å². The third-order valence-electron chi connectivity index (χ3n) is 5.12. The van der Waals surface area contributed by atoms with Crippen molar-refractivity contribution < 1.29 is 18.0 Å². The van der Waals surface area contributed by atoms with Crippen LogP contribution in [0.25, 0.3) is 0 Å². The fourth-order valence-electron chi connectivity index (χ4n) is 3.82. The molecule has 0 amide bonds. The minimum absolute atomic E-state index is 0.00582. The highest BCUT2D eigenvalue weighted by molar-refractivity contribution is 5.87. The van der Waals surface area contributed by atoms with Gasteiger partial charge in [0.05, 0.1) is 11.5 Å². The number of nitrogens with one attached hydrogen (secondary N) is 2. The number of carbonyl (C=O) groups is 1. The lowest BCUT2D eigenvalue weighted by molar-refractivity contribution is -0.128. The van der Waals surface area contributed by atoms with Crippen LogP contribution in [0, 0.1) is 34.2 Å². The van der Waals surface area contributed by atoms with Gasteiger partial charge in [0.1, 0.15) is 17.6 Å². The second kappa shape index (κ2) is 6.54. The van der Waals surface area contributed by atoms with Crippen LogP contribution in [-0.4, -0.2) is 24.4 Å². The molecule has 1 aromatic carbocycles. The first-order chi connectivity index (χ1) is 11.5. The molecule has 24 heavy (non-hydrogen) atoms. The average molecular weight is 337 g/mol. The molecule has 3 unspecified atom stereocenters. The van der Waals surface area contributed by atoms with Crippen LogP contribution in [0.1, 0.15) is 31.2 Å². The molecule has 128 valence electrons. The number of nitrogens with zero attached hydrogens (tertiary/aromatic N) is 1. The first kappa shape index (κ1) is 16.9. The lowest BCUT2D eigenvalue weighted by atomic mass is 9.75. The Morgan fingerprint density at radius 2 is 2.08 bits per heavy atom. The molecule has 7 heteroatoms. The van der Waals surface area contributed by atoms with E-state index in [2.05, 4.69) is 16.7 Å². The minimum Gasteiger partial charge on any atom is -0.312 e. The van der Waals surface area contributed by atoms with Gasteiger partial charge < -0.3 is 5.32 Å². The van der Waals surface area contributed by atoms with Crippen LogP contribution in [0.3, 0.4) is 0 Å². The van der Waals surface area contributed by atoms with Crippen molar-refractivity contribution in [2.75, 3.05) is 6.54 Å². The predicted molar refractivity (Wildman–Crippen MR) is 80.3 cm³/mol. The van der Waals surface area contributed by atoms with Gasteiger partial charge >= 0.3 is 0 Å². The number of hydrogen-bond acceptors (Lipinski definition) is 4. The Labute approximate surface area is 138 Å². The average Bonchev–Trinajstić information content (AvgIpc) is 3.15. The molecule has 0 spiro atoms. The zero-order chi connectivity index (χ0) is 17.3. The summed E-state index contributed by atoms with van der Waals surface area (Å²) in [6, 6.07) is 3.30. The maximum atomic E-state index is 13.5. The van der Waals surface area contributed by atoms with E-state index < -0.39 is 28.9 Å². The quantitative estimate of drug-likeness (QED) is 0.617. The van der Waals surface area contributed by atoms with E-state index in [1.54, 1.807) is 0 Å². The standard InChI is InChI=1S/C17H18F3N3O/c18-12-6-14(20)13(19)5-10(12)9-22-4-2-16(24)17-3-1-11(7-17)23-15(17)8-21/h5-6,11,15,22-23H,1-4,7,9H2.